The average Bonchev–Trinajstić information content (AvgIpc) is 2.30. The molecule has 4 heteroatoms. The lowest BCUT2D eigenvalue weighted by Crippen LogP contribution is -2.32. The van der Waals surface area contributed by atoms with E-state index < -0.39 is 5.92 Å². The number of hydrogen-bond acceptors (Lipinski definition) is 2. The maximum absolute atomic E-state index is 13.2. The summed E-state index contributed by atoms with van der Waals surface area (Å²) in [5.74, 6) is -2.34. The van der Waals surface area contributed by atoms with Gasteiger partial charge in [0, 0.05) is 31.8 Å². The normalized spacial score (nSPS) is 22.9. The van der Waals surface area contributed by atoms with Crippen LogP contribution in [0.25, 0.3) is 0 Å². The van der Waals surface area contributed by atoms with Gasteiger partial charge in [0.2, 0.25) is 5.92 Å². The molecule has 0 amide bonds. The van der Waals surface area contributed by atoms with Gasteiger partial charge >= 0.3 is 0 Å². The van der Waals surface area contributed by atoms with Crippen LogP contribution in [-0.2, 0) is 6.54 Å². The Bertz CT molecular complexity index is 393. The van der Waals surface area contributed by atoms with Gasteiger partial charge in [-0.05, 0) is 49.4 Å². The first-order chi connectivity index (χ1) is 8.57. The zero-order chi connectivity index (χ0) is 13.0. The van der Waals surface area contributed by atoms with Crippen molar-refractivity contribution in [3.63, 3.8) is 0 Å². The van der Waals surface area contributed by atoms with Gasteiger partial charge in [-0.3, -0.25) is 4.98 Å². The summed E-state index contributed by atoms with van der Waals surface area (Å²) in [4.78, 5) is 4.03. The lowest BCUT2D eigenvalue weighted by Gasteiger charge is -2.29. The molecule has 0 saturated heterocycles. The van der Waals surface area contributed by atoms with Gasteiger partial charge in [-0.1, -0.05) is 0 Å². The Hall–Kier alpha value is -1.03. The predicted molar refractivity (Wildman–Crippen MR) is 67.6 cm³/mol. The first kappa shape index (κ1) is 13.4. The molecular formula is C14H20F2N2. The van der Waals surface area contributed by atoms with E-state index in [0.29, 0.717) is 13.0 Å². The third kappa shape index (κ3) is 3.73. The minimum absolute atomic E-state index is 0.0370. The third-order valence-electron chi connectivity index (χ3n) is 3.63. The molecule has 1 aromatic heterocycles. The standard InChI is InChI=1S/C14H20F2N2/c1-11-8-17-6-4-13(11)10-18-9-12-3-2-5-14(15,16)7-12/h4,6,8,12,18H,2-3,5,7,9-10H2,1H3. The average molecular weight is 254 g/mol. The van der Waals surface area contributed by atoms with Crippen molar-refractivity contribution in [2.24, 2.45) is 5.92 Å². The molecule has 1 N–H and O–H groups in total. The van der Waals surface area contributed by atoms with Crippen LogP contribution in [0.1, 0.15) is 36.8 Å². The number of rotatable bonds is 4. The predicted octanol–water partition coefficient (Wildman–Crippen LogP) is 3.31. The van der Waals surface area contributed by atoms with Crippen LogP contribution < -0.4 is 5.32 Å². The van der Waals surface area contributed by atoms with Gasteiger partial charge in [-0.15, -0.1) is 0 Å². The first-order valence-electron chi connectivity index (χ1n) is 6.55. The van der Waals surface area contributed by atoms with E-state index in [1.165, 1.54) is 5.56 Å². The van der Waals surface area contributed by atoms with Gasteiger partial charge in [0.15, 0.2) is 0 Å². The van der Waals surface area contributed by atoms with Gasteiger partial charge in [0.05, 0.1) is 0 Å². The molecule has 0 radical (unpaired) electrons. The topological polar surface area (TPSA) is 24.9 Å². The zero-order valence-corrected chi connectivity index (χ0v) is 10.8. The second-order valence-corrected chi connectivity index (χ2v) is 5.25. The molecule has 1 aliphatic carbocycles. The van der Waals surface area contributed by atoms with Crippen LogP contribution in [0.15, 0.2) is 18.5 Å². The number of nitrogens with one attached hydrogen (secondary N) is 1. The highest BCUT2D eigenvalue weighted by atomic mass is 19.3. The highest BCUT2D eigenvalue weighted by Gasteiger charge is 2.35. The van der Waals surface area contributed by atoms with Gasteiger partial charge in [0.25, 0.3) is 0 Å². The zero-order valence-electron chi connectivity index (χ0n) is 10.8. The molecule has 18 heavy (non-hydrogen) atoms. The number of nitrogens with zero attached hydrogens (tertiary/aromatic N) is 1. The molecule has 1 aromatic rings. The van der Waals surface area contributed by atoms with Crippen LogP contribution in [0.5, 0.6) is 0 Å². The van der Waals surface area contributed by atoms with Crippen molar-refractivity contribution in [2.45, 2.75) is 45.1 Å². The molecule has 0 aromatic carbocycles. The Morgan fingerprint density at radius 1 is 1.50 bits per heavy atom. The van der Waals surface area contributed by atoms with Crippen molar-refractivity contribution < 1.29 is 8.78 Å². The molecule has 1 atom stereocenters. The van der Waals surface area contributed by atoms with Crippen molar-refractivity contribution in [2.75, 3.05) is 6.54 Å². The fraction of sp³-hybridized carbons (Fsp3) is 0.643. The van der Waals surface area contributed by atoms with E-state index in [2.05, 4.69) is 10.3 Å². The summed E-state index contributed by atoms with van der Waals surface area (Å²) in [6.45, 7) is 3.42. The van der Waals surface area contributed by atoms with E-state index in [1.54, 1.807) is 6.20 Å². The van der Waals surface area contributed by atoms with Crippen molar-refractivity contribution in [1.29, 1.82) is 0 Å². The Labute approximate surface area is 107 Å². The monoisotopic (exact) mass is 254 g/mol. The highest BCUT2D eigenvalue weighted by Crippen LogP contribution is 2.36. The number of halogens is 2. The molecule has 1 aliphatic rings. The van der Waals surface area contributed by atoms with Crippen molar-refractivity contribution in [1.82, 2.24) is 10.3 Å². The highest BCUT2D eigenvalue weighted by molar-refractivity contribution is 5.21. The van der Waals surface area contributed by atoms with Crippen LogP contribution >= 0.6 is 0 Å². The largest absolute Gasteiger partial charge is 0.312 e. The molecule has 0 bridgehead atoms. The molecule has 2 nitrogen and oxygen atoms in total. The van der Waals surface area contributed by atoms with Gasteiger partial charge in [0.1, 0.15) is 0 Å². The molecule has 1 fully saturated rings. The minimum atomic E-state index is -2.45. The van der Waals surface area contributed by atoms with Crippen LogP contribution in [0.2, 0.25) is 0 Å². The number of alkyl halides is 2. The molecule has 1 unspecified atom stereocenters. The molecule has 1 saturated carbocycles. The van der Waals surface area contributed by atoms with E-state index >= 15 is 0 Å². The Balaban J connectivity index is 1.77. The summed E-state index contributed by atoms with van der Waals surface area (Å²) in [5, 5.41) is 3.29. The fourth-order valence-electron chi connectivity index (χ4n) is 2.56. The summed E-state index contributed by atoms with van der Waals surface area (Å²) in [7, 11) is 0. The van der Waals surface area contributed by atoms with Crippen molar-refractivity contribution in [3.8, 4) is 0 Å². The smallest absolute Gasteiger partial charge is 0.248 e. The van der Waals surface area contributed by atoms with Crippen LogP contribution in [0, 0.1) is 12.8 Å². The number of pyridine rings is 1. The Morgan fingerprint density at radius 3 is 3.06 bits per heavy atom. The Kier molecular flexibility index (Phi) is 4.27. The molecule has 1 heterocycles. The maximum Gasteiger partial charge on any atom is 0.248 e. The molecular weight excluding hydrogens is 234 g/mol. The number of hydrogen-bond donors (Lipinski definition) is 1. The van der Waals surface area contributed by atoms with Crippen LogP contribution in [0.4, 0.5) is 8.78 Å². The third-order valence-corrected chi connectivity index (χ3v) is 3.63. The number of aryl methyl sites for hydroxylation is 1. The molecule has 2 rings (SSSR count). The Morgan fingerprint density at radius 2 is 2.33 bits per heavy atom. The van der Waals surface area contributed by atoms with Crippen LogP contribution in [0.3, 0.4) is 0 Å². The van der Waals surface area contributed by atoms with E-state index in [4.69, 9.17) is 0 Å². The van der Waals surface area contributed by atoms with Gasteiger partial charge in [-0.2, -0.15) is 0 Å². The SMILES string of the molecule is Cc1cnccc1CNCC1CCCC(F)(F)C1. The summed E-state index contributed by atoms with van der Waals surface area (Å²) in [6.07, 6.45) is 5.25. The second-order valence-electron chi connectivity index (χ2n) is 5.25. The van der Waals surface area contributed by atoms with Gasteiger partial charge < -0.3 is 5.32 Å². The minimum Gasteiger partial charge on any atom is -0.312 e. The van der Waals surface area contributed by atoms with E-state index in [9.17, 15) is 8.78 Å². The van der Waals surface area contributed by atoms with E-state index in [-0.39, 0.29) is 18.8 Å². The van der Waals surface area contributed by atoms with Crippen molar-refractivity contribution >= 4 is 0 Å². The molecule has 0 spiro atoms. The quantitative estimate of drug-likeness (QED) is 0.891. The van der Waals surface area contributed by atoms with E-state index in [1.807, 2.05) is 19.2 Å². The summed E-state index contributed by atoms with van der Waals surface area (Å²) >= 11 is 0. The van der Waals surface area contributed by atoms with E-state index in [0.717, 1.165) is 18.5 Å². The van der Waals surface area contributed by atoms with Gasteiger partial charge in [-0.25, -0.2) is 8.78 Å². The summed E-state index contributed by atoms with van der Waals surface area (Å²) in [6, 6.07) is 1.97. The number of aromatic nitrogens is 1. The molecule has 0 aliphatic heterocycles. The fourth-order valence-corrected chi connectivity index (χ4v) is 2.56. The summed E-state index contributed by atoms with van der Waals surface area (Å²) in [5.41, 5.74) is 2.33. The lowest BCUT2D eigenvalue weighted by molar-refractivity contribution is -0.0520. The first-order valence-corrected chi connectivity index (χ1v) is 6.55. The second kappa shape index (κ2) is 5.74. The van der Waals surface area contributed by atoms with Crippen LogP contribution in [-0.4, -0.2) is 17.5 Å². The lowest BCUT2D eigenvalue weighted by atomic mass is 9.86. The van der Waals surface area contributed by atoms with Crippen molar-refractivity contribution in [3.05, 3.63) is 29.6 Å². The summed E-state index contributed by atoms with van der Waals surface area (Å²) < 4.78 is 26.5. The molecule has 100 valence electrons. The maximum atomic E-state index is 13.2.